The Bertz CT molecular complexity index is 121. The zero-order chi connectivity index (χ0) is 9.40. The monoisotopic (exact) mass is 174 g/mol. The van der Waals surface area contributed by atoms with Crippen molar-refractivity contribution < 1.29 is 14.6 Å². The molecule has 12 heavy (non-hydrogen) atoms. The molecule has 0 amide bonds. The van der Waals surface area contributed by atoms with Gasteiger partial charge < -0.3 is 9.84 Å². The summed E-state index contributed by atoms with van der Waals surface area (Å²) in [4.78, 5) is 10.8. The first-order valence-corrected chi connectivity index (χ1v) is 4.50. The molecule has 0 fully saturated rings. The van der Waals surface area contributed by atoms with Crippen molar-refractivity contribution in [3.8, 4) is 0 Å². The lowest BCUT2D eigenvalue weighted by Gasteiger charge is -2.03. The van der Waals surface area contributed by atoms with Crippen LogP contribution >= 0.6 is 0 Å². The standard InChI is InChI=1S/C9H18O3/c1-3-12-9(11)7-5-4-6-8(2)10/h8,10H,3-7H2,1-2H3. The van der Waals surface area contributed by atoms with E-state index < -0.39 is 0 Å². The summed E-state index contributed by atoms with van der Waals surface area (Å²) in [7, 11) is 0. The largest absolute Gasteiger partial charge is 0.466 e. The Morgan fingerprint density at radius 2 is 2.17 bits per heavy atom. The molecule has 0 bridgehead atoms. The van der Waals surface area contributed by atoms with Crippen molar-refractivity contribution in [1.82, 2.24) is 0 Å². The predicted octanol–water partition coefficient (Wildman–Crippen LogP) is 1.49. The van der Waals surface area contributed by atoms with Crippen molar-refractivity contribution in [2.75, 3.05) is 6.61 Å². The van der Waals surface area contributed by atoms with Crippen LogP contribution in [-0.4, -0.2) is 23.8 Å². The fourth-order valence-corrected chi connectivity index (χ4v) is 0.942. The number of aliphatic hydroxyl groups is 1. The number of carbonyl (C=O) groups excluding carboxylic acids is 1. The molecular weight excluding hydrogens is 156 g/mol. The Balaban J connectivity index is 3.14. The summed E-state index contributed by atoms with van der Waals surface area (Å²) in [5.41, 5.74) is 0. The van der Waals surface area contributed by atoms with Gasteiger partial charge in [0.15, 0.2) is 0 Å². The molecule has 0 spiro atoms. The zero-order valence-corrected chi connectivity index (χ0v) is 7.88. The lowest BCUT2D eigenvalue weighted by molar-refractivity contribution is -0.143. The topological polar surface area (TPSA) is 46.5 Å². The Morgan fingerprint density at radius 1 is 1.50 bits per heavy atom. The molecule has 1 unspecified atom stereocenters. The zero-order valence-electron chi connectivity index (χ0n) is 7.88. The van der Waals surface area contributed by atoms with E-state index in [2.05, 4.69) is 0 Å². The number of carbonyl (C=O) groups is 1. The molecular formula is C9H18O3. The minimum Gasteiger partial charge on any atom is -0.466 e. The van der Waals surface area contributed by atoms with E-state index in [1.807, 2.05) is 0 Å². The van der Waals surface area contributed by atoms with E-state index >= 15 is 0 Å². The summed E-state index contributed by atoms with van der Waals surface area (Å²) in [5.74, 6) is -0.136. The quantitative estimate of drug-likeness (QED) is 0.490. The summed E-state index contributed by atoms with van der Waals surface area (Å²) in [6.07, 6.45) is 2.67. The van der Waals surface area contributed by atoms with E-state index in [-0.39, 0.29) is 12.1 Å². The van der Waals surface area contributed by atoms with Crippen LogP contribution < -0.4 is 0 Å². The molecule has 0 rings (SSSR count). The highest BCUT2D eigenvalue weighted by Crippen LogP contribution is 2.03. The molecule has 1 atom stereocenters. The van der Waals surface area contributed by atoms with E-state index in [9.17, 15) is 4.79 Å². The summed E-state index contributed by atoms with van der Waals surface area (Å²) in [5, 5.41) is 8.90. The van der Waals surface area contributed by atoms with Crippen molar-refractivity contribution in [3.05, 3.63) is 0 Å². The van der Waals surface area contributed by atoms with Crippen LogP contribution in [0, 0.1) is 0 Å². The average Bonchev–Trinajstić information content (AvgIpc) is 1.98. The molecule has 1 N–H and O–H groups in total. The third-order valence-corrected chi connectivity index (χ3v) is 1.56. The van der Waals surface area contributed by atoms with E-state index in [4.69, 9.17) is 9.84 Å². The molecule has 3 nitrogen and oxygen atoms in total. The summed E-state index contributed by atoms with van der Waals surface area (Å²) in [6.45, 7) is 4.01. The average molecular weight is 174 g/mol. The molecule has 72 valence electrons. The number of esters is 1. The maximum atomic E-state index is 10.8. The number of hydrogen-bond acceptors (Lipinski definition) is 3. The van der Waals surface area contributed by atoms with Gasteiger partial charge >= 0.3 is 5.97 Å². The molecule has 0 saturated carbocycles. The lowest BCUT2D eigenvalue weighted by atomic mass is 10.1. The molecule has 0 saturated heterocycles. The molecule has 0 aromatic rings. The van der Waals surface area contributed by atoms with Crippen LogP contribution in [0.4, 0.5) is 0 Å². The first-order chi connectivity index (χ1) is 5.66. The molecule has 0 aliphatic rings. The smallest absolute Gasteiger partial charge is 0.305 e. The van der Waals surface area contributed by atoms with Crippen LogP contribution in [0.5, 0.6) is 0 Å². The van der Waals surface area contributed by atoms with Crippen LogP contribution in [0.25, 0.3) is 0 Å². The van der Waals surface area contributed by atoms with Crippen molar-refractivity contribution in [3.63, 3.8) is 0 Å². The molecule has 3 heteroatoms. The number of unbranched alkanes of at least 4 members (excludes halogenated alkanes) is 1. The van der Waals surface area contributed by atoms with Gasteiger partial charge in [-0.1, -0.05) is 6.42 Å². The maximum absolute atomic E-state index is 10.8. The number of hydrogen-bond donors (Lipinski definition) is 1. The van der Waals surface area contributed by atoms with Crippen molar-refractivity contribution in [1.29, 1.82) is 0 Å². The Labute approximate surface area is 73.7 Å². The van der Waals surface area contributed by atoms with Gasteiger partial charge in [-0.25, -0.2) is 0 Å². The Morgan fingerprint density at radius 3 is 2.67 bits per heavy atom. The van der Waals surface area contributed by atoms with Crippen LogP contribution in [0.1, 0.15) is 39.5 Å². The van der Waals surface area contributed by atoms with E-state index in [0.717, 1.165) is 19.3 Å². The normalized spacial score (nSPS) is 12.6. The second-order valence-electron chi connectivity index (χ2n) is 2.90. The molecule has 0 aromatic heterocycles. The first-order valence-electron chi connectivity index (χ1n) is 4.50. The van der Waals surface area contributed by atoms with Gasteiger partial charge in [0.05, 0.1) is 12.7 Å². The van der Waals surface area contributed by atoms with Gasteiger partial charge in [0.2, 0.25) is 0 Å². The predicted molar refractivity (Wildman–Crippen MR) is 46.8 cm³/mol. The van der Waals surface area contributed by atoms with Crippen LogP contribution in [0.3, 0.4) is 0 Å². The van der Waals surface area contributed by atoms with Gasteiger partial charge in [-0.05, 0) is 26.7 Å². The van der Waals surface area contributed by atoms with Gasteiger partial charge in [-0.3, -0.25) is 4.79 Å². The second-order valence-corrected chi connectivity index (χ2v) is 2.90. The third kappa shape index (κ3) is 7.54. The van der Waals surface area contributed by atoms with Gasteiger partial charge in [-0.2, -0.15) is 0 Å². The van der Waals surface area contributed by atoms with Crippen LogP contribution in [0.2, 0.25) is 0 Å². The van der Waals surface area contributed by atoms with Gasteiger partial charge in [0.1, 0.15) is 0 Å². The fraction of sp³-hybridized carbons (Fsp3) is 0.889. The molecule has 0 aliphatic carbocycles. The minimum absolute atomic E-state index is 0.136. The number of ether oxygens (including phenoxy) is 1. The molecule has 0 heterocycles. The number of rotatable bonds is 6. The summed E-state index contributed by atoms with van der Waals surface area (Å²) < 4.78 is 4.75. The van der Waals surface area contributed by atoms with Crippen molar-refractivity contribution >= 4 is 5.97 Å². The second kappa shape index (κ2) is 7.10. The lowest BCUT2D eigenvalue weighted by Crippen LogP contribution is -2.04. The first kappa shape index (κ1) is 11.4. The summed E-state index contributed by atoms with van der Waals surface area (Å²) >= 11 is 0. The van der Waals surface area contributed by atoms with E-state index in [0.29, 0.717) is 13.0 Å². The Hall–Kier alpha value is -0.570. The van der Waals surface area contributed by atoms with E-state index in [1.54, 1.807) is 13.8 Å². The maximum Gasteiger partial charge on any atom is 0.305 e. The van der Waals surface area contributed by atoms with Crippen molar-refractivity contribution in [2.45, 2.75) is 45.6 Å². The fourth-order valence-electron chi connectivity index (χ4n) is 0.942. The number of aliphatic hydroxyl groups excluding tert-OH is 1. The van der Waals surface area contributed by atoms with Crippen LogP contribution in [0.15, 0.2) is 0 Å². The molecule has 0 aromatic carbocycles. The highest BCUT2D eigenvalue weighted by molar-refractivity contribution is 5.69. The van der Waals surface area contributed by atoms with Crippen molar-refractivity contribution in [2.24, 2.45) is 0 Å². The SMILES string of the molecule is CCOC(=O)CCCCC(C)O. The summed E-state index contributed by atoms with van der Waals surface area (Å²) in [6, 6.07) is 0. The van der Waals surface area contributed by atoms with E-state index in [1.165, 1.54) is 0 Å². The van der Waals surface area contributed by atoms with Gasteiger partial charge in [-0.15, -0.1) is 0 Å². The molecule has 0 radical (unpaired) electrons. The van der Waals surface area contributed by atoms with Crippen LogP contribution in [-0.2, 0) is 9.53 Å². The third-order valence-electron chi connectivity index (χ3n) is 1.56. The highest BCUT2D eigenvalue weighted by atomic mass is 16.5. The highest BCUT2D eigenvalue weighted by Gasteiger charge is 2.01. The minimum atomic E-state index is -0.257. The van der Waals surface area contributed by atoms with Gasteiger partial charge in [0.25, 0.3) is 0 Å². The molecule has 0 aliphatic heterocycles. The Kier molecular flexibility index (Phi) is 6.76. The van der Waals surface area contributed by atoms with Gasteiger partial charge in [0, 0.05) is 6.42 Å².